The molecule has 1 unspecified atom stereocenters. The number of hydrogen-bond donors (Lipinski definition) is 1. The topological polar surface area (TPSA) is 43.4 Å². The van der Waals surface area contributed by atoms with Gasteiger partial charge in [0.25, 0.3) is 0 Å². The number of halogens is 1. The Morgan fingerprint density at radius 3 is 2.82 bits per heavy atom. The molecule has 0 aliphatic carbocycles. The van der Waals surface area contributed by atoms with Gasteiger partial charge in [0.15, 0.2) is 10.8 Å². The molecule has 0 amide bonds. The summed E-state index contributed by atoms with van der Waals surface area (Å²) in [5.41, 5.74) is 3.96. The lowest BCUT2D eigenvalue weighted by Crippen LogP contribution is -3.09. The maximum Gasteiger partial charge on any atom is 0.170 e. The van der Waals surface area contributed by atoms with Gasteiger partial charge in [-0.1, -0.05) is 17.3 Å². The normalized spacial score (nSPS) is 19.5. The van der Waals surface area contributed by atoms with Crippen molar-refractivity contribution in [2.24, 2.45) is 0 Å². The minimum atomic E-state index is -0.249. The van der Waals surface area contributed by atoms with Crippen molar-refractivity contribution < 1.29 is 13.8 Å². The summed E-state index contributed by atoms with van der Waals surface area (Å²) in [6, 6.07) is 15.1. The van der Waals surface area contributed by atoms with Crippen LogP contribution < -0.4 is 4.90 Å². The first-order valence-electron chi connectivity index (χ1n) is 9.60. The number of nitrogens with zero attached hydrogens (tertiary/aromatic N) is 2. The Morgan fingerprint density at radius 1 is 1.18 bits per heavy atom. The number of para-hydroxylation sites is 1. The number of rotatable bonds is 4. The molecule has 2 aromatic heterocycles. The first-order valence-corrected chi connectivity index (χ1v) is 10.4. The van der Waals surface area contributed by atoms with E-state index in [0.29, 0.717) is 6.04 Å². The van der Waals surface area contributed by atoms with Crippen LogP contribution in [0.3, 0.4) is 0 Å². The first-order chi connectivity index (χ1) is 13.7. The van der Waals surface area contributed by atoms with Crippen LogP contribution in [0.15, 0.2) is 53.1 Å². The summed E-state index contributed by atoms with van der Waals surface area (Å²) in [4.78, 5) is 6.38. The molecule has 4 nitrogen and oxygen atoms in total. The Hall–Kier alpha value is -2.57. The van der Waals surface area contributed by atoms with E-state index in [9.17, 15) is 4.39 Å². The highest BCUT2D eigenvalue weighted by Gasteiger charge is 2.34. The molecule has 1 N–H and O–H groups in total. The van der Waals surface area contributed by atoms with Crippen LogP contribution in [0.5, 0.6) is 0 Å². The molecule has 0 spiro atoms. The molecule has 6 heteroatoms. The van der Waals surface area contributed by atoms with Crippen molar-refractivity contribution in [2.45, 2.75) is 32.4 Å². The number of hydrogen-bond acceptors (Lipinski definition) is 4. The number of likely N-dealkylation sites (tertiary alicyclic amines) is 1. The first kappa shape index (κ1) is 17.5. The van der Waals surface area contributed by atoms with E-state index in [2.05, 4.69) is 23.4 Å². The summed E-state index contributed by atoms with van der Waals surface area (Å²) in [5.74, 6) is 0.478. The Balaban J connectivity index is 1.40. The largest absolute Gasteiger partial charge is 0.356 e. The van der Waals surface area contributed by atoms with Crippen LogP contribution in [0.2, 0.25) is 0 Å². The van der Waals surface area contributed by atoms with Gasteiger partial charge in [-0.05, 0) is 43.3 Å². The molecule has 5 rings (SSSR count). The Bertz CT molecular complexity index is 1090. The third kappa shape index (κ3) is 3.12. The quantitative estimate of drug-likeness (QED) is 0.561. The van der Waals surface area contributed by atoms with Gasteiger partial charge in [-0.15, -0.1) is 11.3 Å². The zero-order valence-electron chi connectivity index (χ0n) is 15.6. The van der Waals surface area contributed by atoms with Gasteiger partial charge in [0.05, 0.1) is 16.8 Å². The van der Waals surface area contributed by atoms with Crippen LogP contribution in [-0.4, -0.2) is 16.7 Å². The summed E-state index contributed by atoms with van der Waals surface area (Å²) < 4.78 is 20.1. The summed E-state index contributed by atoms with van der Waals surface area (Å²) in [5, 5.41) is 5.56. The van der Waals surface area contributed by atoms with Crippen molar-refractivity contribution in [1.82, 2.24) is 10.1 Å². The van der Waals surface area contributed by atoms with E-state index in [1.807, 2.05) is 13.0 Å². The molecule has 1 saturated heterocycles. The van der Waals surface area contributed by atoms with Crippen LogP contribution >= 0.6 is 11.3 Å². The van der Waals surface area contributed by atoms with Gasteiger partial charge < -0.3 is 9.42 Å². The van der Waals surface area contributed by atoms with Crippen molar-refractivity contribution in [3.63, 3.8) is 0 Å². The summed E-state index contributed by atoms with van der Waals surface area (Å²) >= 11 is 1.81. The van der Waals surface area contributed by atoms with Crippen LogP contribution in [0.4, 0.5) is 4.39 Å². The van der Waals surface area contributed by atoms with Gasteiger partial charge in [0, 0.05) is 24.0 Å². The average molecular weight is 394 g/mol. The number of thiazole rings is 1. The minimum absolute atomic E-state index is 0.249. The third-order valence-corrected chi connectivity index (χ3v) is 6.76. The van der Waals surface area contributed by atoms with Crippen molar-refractivity contribution >= 4 is 21.6 Å². The van der Waals surface area contributed by atoms with E-state index < -0.39 is 0 Å². The Kier molecular flexibility index (Phi) is 4.45. The molecule has 1 aliphatic rings. The molecule has 2 aromatic carbocycles. The fourth-order valence-electron chi connectivity index (χ4n) is 4.08. The second-order valence-corrected chi connectivity index (χ2v) is 8.45. The summed E-state index contributed by atoms with van der Waals surface area (Å²) in [6.45, 7) is 3.96. The molecule has 1 fully saturated rings. The van der Waals surface area contributed by atoms with E-state index >= 15 is 0 Å². The van der Waals surface area contributed by atoms with E-state index in [0.717, 1.165) is 47.6 Å². The smallest absolute Gasteiger partial charge is 0.170 e. The second kappa shape index (κ2) is 7.11. The Labute approximate surface area is 166 Å². The molecule has 2 atom stereocenters. The molecular formula is C22H21FN3OS+. The molecule has 28 heavy (non-hydrogen) atoms. The maximum absolute atomic E-state index is 13.2. The van der Waals surface area contributed by atoms with Crippen molar-refractivity contribution in [1.29, 1.82) is 0 Å². The SMILES string of the molecule is Cc1c(C[NH+]2CCC[C@@H]2c2nc3ccccc3s2)noc1-c1ccc(F)cc1. The summed E-state index contributed by atoms with van der Waals surface area (Å²) in [6.07, 6.45) is 2.34. The molecule has 4 aromatic rings. The second-order valence-electron chi connectivity index (χ2n) is 7.39. The number of benzene rings is 2. The van der Waals surface area contributed by atoms with Gasteiger partial charge in [0.2, 0.25) is 0 Å². The fraction of sp³-hybridized carbons (Fsp3) is 0.273. The van der Waals surface area contributed by atoms with Crippen molar-refractivity contribution in [3.05, 3.63) is 70.6 Å². The van der Waals surface area contributed by atoms with E-state index in [-0.39, 0.29) is 5.82 Å². The van der Waals surface area contributed by atoms with Crippen LogP contribution in [0.1, 0.15) is 35.1 Å². The Morgan fingerprint density at radius 2 is 2.00 bits per heavy atom. The van der Waals surface area contributed by atoms with Crippen LogP contribution in [0.25, 0.3) is 21.5 Å². The predicted octanol–water partition coefficient (Wildman–Crippen LogP) is 4.32. The number of nitrogens with one attached hydrogen (secondary N) is 1. The lowest BCUT2D eigenvalue weighted by atomic mass is 10.1. The number of fused-ring (bicyclic) bond motifs is 1. The van der Waals surface area contributed by atoms with Gasteiger partial charge in [0.1, 0.15) is 24.1 Å². The fourth-order valence-corrected chi connectivity index (χ4v) is 5.24. The predicted molar refractivity (Wildman–Crippen MR) is 108 cm³/mol. The van der Waals surface area contributed by atoms with E-state index in [1.165, 1.54) is 33.2 Å². The molecule has 1 aliphatic heterocycles. The standard InChI is InChI=1S/C22H20FN3OS/c1-14-18(25-27-21(14)15-8-10-16(23)11-9-15)13-26-12-4-6-19(26)22-24-17-5-2-3-7-20(17)28-22/h2-3,5,7-11,19H,4,6,12-13H2,1H3/p+1/t19-/m1/s1. The highest BCUT2D eigenvalue weighted by molar-refractivity contribution is 7.18. The van der Waals surface area contributed by atoms with Gasteiger partial charge in [-0.25, -0.2) is 9.37 Å². The third-order valence-electron chi connectivity index (χ3n) is 5.61. The van der Waals surface area contributed by atoms with Crippen LogP contribution in [0, 0.1) is 12.7 Å². The van der Waals surface area contributed by atoms with E-state index in [1.54, 1.807) is 23.5 Å². The van der Waals surface area contributed by atoms with Crippen molar-refractivity contribution in [2.75, 3.05) is 6.54 Å². The molecule has 142 valence electrons. The maximum atomic E-state index is 13.2. The summed E-state index contributed by atoms with van der Waals surface area (Å²) in [7, 11) is 0. The molecular weight excluding hydrogens is 373 g/mol. The van der Waals surface area contributed by atoms with Crippen LogP contribution in [-0.2, 0) is 6.54 Å². The molecule has 3 heterocycles. The number of quaternary nitrogens is 1. The zero-order chi connectivity index (χ0) is 19.1. The molecule has 0 radical (unpaired) electrons. The molecule has 0 bridgehead atoms. The number of aromatic nitrogens is 2. The molecule has 0 saturated carbocycles. The van der Waals surface area contributed by atoms with Crippen molar-refractivity contribution in [3.8, 4) is 11.3 Å². The minimum Gasteiger partial charge on any atom is -0.356 e. The van der Waals surface area contributed by atoms with E-state index in [4.69, 9.17) is 9.51 Å². The highest BCUT2D eigenvalue weighted by Crippen LogP contribution is 2.30. The average Bonchev–Trinajstić information content (AvgIpc) is 3.42. The highest BCUT2D eigenvalue weighted by atomic mass is 32.1. The zero-order valence-corrected chi connectivity index (χ0v) is 16.4. The lowest BCUT2D eigenvalue weighted by molar-refractivity contribution is -0.932. The van der Waals surface area contributed by atoms with Gasteiger partial charge in [-0.3, -0.25) is 0 Å². The monoisotopic (exact) mass is 394 g/mol. The van der Waals surface area contributed by atoms with Gasteiger partial charge >= 0.3 is 0 Å². The van der Waals surface area contributed by atoms with Gasteiger partial charge in [-0.2, -0.15) is 0 Å². The lowest BCUT2D eigenvalue weighted by Gasteiger charge is -2.18.